The maximum atomic E-state index is 3.39. The molecule has 1 aliphatic carbocycles. The Morgan fingerprint density at radius 1 is 1.00 bits per heavy atom. The van der Waals surface area contributed by atoms with Crippen molar-refractivity contribution >= 4 is 10.8 Å². The van der Waals surface area contributed by atoms with Gasteiger partial charge in [-0.05, 0) is 34.9 Å². The Hall–Kier alpha value is -1.56. The van der Waals surface area contributed by atoms with E-state index in [-0.39, 0.29) is 0 Å². The van der Waals surface area contributed by atoms with Gasteiger partial charge in [-0.3, -0.25) is 0 Å². The molecule has 0 fully saturated rings. The lowest BCUT2D eigenvalue weighted by atomic mass is 9.90. The second-order valence-electron chi connectivity index (χ2n) is 3.70. The molecule has 66 valence electrons. The number of rotatable bonds is 0. The van der Waals surface area contributed by atoms with Crippen LogP contribution in [-0.2, 0) is 0 Å². The molecule has 0 atom stereocenters. The van der Waals surface area contributed by atoms with Gasteiger partial charge in [0, 0.05) is 6.42 Å². The van der Waals surface area contributed by atoms with Gasteiger partial charge < -0.3 is 0 Å². The average Bonchev–Trinajstić information content (AvgIpc) is 2.18. The lowest BCUT2D eigenvalue weighted by Gasteiger charge is -2.14. The molecule has 0 amide bonds. The number of hydrogen-bond acceptors (Lipinski definition) is 0. The number of allylic oxidation sites excluding steroid dienone is 1. The zero-order chi connectivity index (χ0) is 9.54. The summed E-state index contributed by atoms with van der Waals surface area (Å²) >= 11 is 0. The van der Waals surface area contributed by atoms with E-state index in [0.717, 1.165) is 0 Å². The first-order valence-electron chi connectivity index (χ1n) is 4.82. The standard InChI is InChI=1S/C14H10/c1-10-8-12-6-2-4-11-5-3-7-13(9-10)14(11)12/h2-8H,1H3. The van der Waals surface area contributed by atoms with Crippen LogP contribution in [0, 0.1) is 12.5 Å². The maximum absolute atomic E-state index is 3.39. The van der Waals surface area contributed by atoms with Crippen molar-refractivity contribution in [1.29, 1.82) is 0 Å². The quantitative estimate of drug-likeness (QED) is 0.579. The van der Waals surface area contributed by atoms with Crippen LogP contribution < -0.4 is 0 Å². The summed E-state index contributed by atoms with van der Waals surface area (Å²) in [6.07, 6.45) is 5.58. The second kappa shape index (κ2) is 2.71. The zero-order valence-electron chi connectivity index (χ0n) is 8.04. The highest BCUT2D eigenvalue weighted by Gasteiger charge is 2.10. The predicted octanol–water partition coefficient (Wildman–Crippen LogP) is 3.50. The zero-order valence-corrected chi connectivity index (χ0v) is 8.04. The predicted molar refractivity (Wildman–Crippen MR) is 58.9 cm³/mol. The minimum atomic E-state index is 1.20. The van der Waals surface area contributed by atoms with E-state index in [4.69, 9.17) is 0 Å². The van der Waals surface area contributed by atoms with E-state index in [1.54, 1.807) is 0 Å². The van der Waals surface area contributed by atoms with Gasteiger partial charge in [-0.25, -0.2) is 0 Å². The fraction of sp³-hybridized carbons (Fsp3) is 0.0714. The lowest BCUT2D eigenvalue weighted by Crippen LogP contribution is -1.95. The van der Waals surface area contributed by atoms with Crippen molar-refractivity contribution in [1.82, 2.24) is 0 Å². The van der Waals surface area contributed by atoms with Gasteiger partial charge in [0.15, 0.2) is 0 Å². The maximum Gasteiger partial charge on any atom is 0.0168 e. The minimum Gasteiger partial charge on any atom is -0.0613 e. The molecule has 0 spiro atoms. The van der Waals surface area contributed by atoms with E-state index in [9.17, 15) is 0 Å². The molecule has 0 heterocycles. The van der Waals surface area contributed by atoms with Crippen molar-refractivity contribution in [3.8, 4) is 0 Å². The van der Waals surface area contributed by atoms with Gasteiger partial charge in [0.2, 0.25) is 0 Å². The lowest BCUT2D eigenvalue weighted by molar-refractivity contribution is 1.33. The average molecular weight is 178 g/mol. The van der Waals surface area contributed by atoms with Gasteiger partial charge in [0.05, 0.1) is 0 Å². The van der Waals surface area contributed by atoms with Crippen molar-refractivity contribution in [2.45, 2.75) is 6.92 Å². The monoisotopic (exact) mass is 178 g/mol. The van der Waals surface area contributed by atoms with Crippen LogP contribution in [0.5, 0.6) is 0 Å². The van der Waals surface area contributed by atoms with Crippen molar-refractivity contribution in [3.63, 3.8) is 0 Å². The molecule has 1 aliphatic rings. The highest BCUT2D eigenvalue weighted by Crippen LogP contribution is 2.30. The summed E-state index contributed by atoms with van der Waals surface area (Å²) in [4.78, 5) is 0. The van der Waals surface area contributed by atoms with Crippen LogP contribution in [0.3, 0.4) is 0 Å². The molecule has 2 aromatic carbocycles. The van der Waals surface area contributed by atoms with E-state index in [2.05, 4.69) is 55.8 Å². The largest absolute Gasteiger partial charge is 0.0613 e. The third-order valence-corrected chi connectivity index (χ3v) is 2.64. The third-order valence-electron chi connectivity index (χ3n) is 2.64. The van der Waals surface area contributed by atoms with Crippen LogP contribution in [0.2, 0.25) is 0 Å². The third kappa shape index (κ3) is 1.00. The molecule has 0 unspecified atom stereocenters. The summed E-state index contributed by atoms with van der Waals surface area (Å²) in [6, 6.07) is 12.8. The van der Waals surface area contributed by atoms with Gasteiger partial charge in [-0.1, -0.05) is 42.0 Å². The van der Waals surface area contributed by atoms with Crippen molar-refractivity contribution in [2.75, 3.05) is 0 Å². The Balaban J connectivity index is 2.50. The van der Waals surface area contributed by atoms with E-state index in [1.807, 2.05) is 0 Å². The van der Waals surface area contributed by atoms with Crippen LogP contribution in [0.1, 0.15) is 18.1 Å². The highest BCUT2D eigenvalue weighted by atomic mass is 14.1. The minimum absolute atomic E-state index is 1.20. The number of hydrogen-bond donors (Lipinski definition) is 0. The summed E-state index contributed by atoms with van der Waals surface area (Å²) in [5, 5.41) is 2.64. The van der Waals surface area contributed by atoms with Crippen molar-refractivity contribution in [2.24, 2.45) is 0 Å². The smallest absolute Gasteiger partial charge is 0.0168 e. The molecule has 0 bridgehead atoms. The van der Waals surface area contributed by atoms with Gasteiger partial charge in [-0.2, -0.15) is 0 Å². The van der Waals surface area contributed by atoms with Gasteiger partial charge >= 0.3 is 0 Å². The Morgan fingerprint density at radius 2 is 1.79 bits per heavy atom. The second-order valence-corrected chi connectivity index (χ2v) is 3.70. The van der Waals surface area contributed by atoms with Crippen LogP contribution in [0.4, 0.5) is 0 Å². The summed E-state index contributed by atoms with van der Waals surface area (Å²) in [5.74, 6) is 0. The molecule has 0 saturated carbocycles. The summed E-state index contributed by atoms with van der Waals surface area (Å²) in [5.41, 5.74) is 3.74. The van der Waals surface area contributed by atoms with Crippen LogP contribution in [0.15, 0.2) is 42.0 Å². The molecule has 3 rings (SSSR count). The van der Waals surface area contributed by atoms with Crippen molar-refractivity contribution in [3.05, 3.63) is 65.6 Å². The van der Waals surface area contributed by atoms with Gasteiger partial charge in [0.25, 0.3) is 0 Å². The van der Waals surface area contributed by atoms with Crippen molar-refractivity contribution < 1.29 is 0 Å². The number of benzene rings is 2. The molecular formula is C14H10. The highest BCUT2D eigenvalue weighted by molar-refractivity contribution is 5.92. The van der Waals surface area contributed by atoms with Gasteiger partial charge in [-0.15, -0.1) is 0 Å². The first-order chi connectivity index (χ1) is 6.84. The van der Waals surface area contributed by atoms with E-state index in [0.29, 0.717) is 0 Å². The van der Waals surface area contributed by atoms with E-state index in [1.165, 1.54) is 27.5 Å². The Morgan fingerprint density at radius 3 is 2.64 bits per heavy atom. The Bertz CT molecular complexity index is 527. The summed E-state index contributed by atoms with van der Waals surface area (Å²) < 4.78 is 0. The molecule has 2 radical (unpaired) electrons. The molecule has 14 heavy (non-hydrogen) atoms. The summed E-state index contributed by atoms with van der Waals surface area (Å²) in [7, 11) is 0. The summed E-state index contributed by atoms with van der Waals surface area (Å²) in [6.45, 7) is 2.09. The first-order valence-corrected chi connectivity index (χ1v) is 4.82. The van der Waals surface area contributed by atoms with Crippen LogP contribution in [-0.4, -0.2) is 0 Å². The molecule has 0 heteroatoms. The molecule has 0 N–H and O–H groups in total. The molecule has 0 aliphatic heterocycles. The Labute approximate surface area is 83.9 Å². The van der Waals surface area contributed by atoms with E-state index < -0.39 is 0 Å². The SMILES string of the molecule is CC1=[C]c2cccc3cccc(c23)[CH]1. The van der Waals surface area contributed by atoms with Crippen LogP contribution >= 0.6 is 0 Å². The molecule has 0 nitrogen and oxygen atoms in total. The fourth-order valence-corrected chi connectivity index (χ4v) is 2.08. The van der Waals surface area contributed by atoms with Gasteiger partial charge in [0.1, 0.15) is 0 Å². The normalized spacial score (nSPS) is 14.2. The first kappa shape index (κ1) is 7.81. The van der Waals surface area contributed by atoms with E-state index >= 15 is 0 Å². The fourth-order valence-electron chi connectivity index (χ4n) is 2.08. The van der Waals surface area contributed by atoms with Crippen LogP contribution in [0.25, 0.3) is 10.8 Å². The molecule has 2 aromatic rings. The Kier molecular flexibility index (Phi) is 1.51. The molecular weight excluding hydrogens is 168 g/mol. The molecule has 0 saturated heterocycles. The topological polar surface area (TPSA) is 0 Å². The molecule has 0 aromatic heterocycles.